The number of imide groups is 1. The van der Waals surface area contributed by atoms with E-state index in [0.29, 0.717) is 27.7 Å². The minimum atomic E-state index is -1.66. The van der Waals surface area contributed by atoms with Crippen LogP contribution in [0.2, 0.25) is 10.0 Å². The normalized spacial score (nSPS) is 19.6. The van der Waals surface area contributed by atoms with Crippen molar-refractivity contribution in [3.63, 3.8) is 0 Å². The van der Waals surface area contributed by atoms with Crippen molar-refractivity contribution in [1.82, 2.24) is 4.90 Å². The molecule has 7 nitrogen and oxygen atoms in total. The first kappa shape index (κ1) is 25.2. The summed E-state index contributed by atoms with van der Waals surface area (Å²) in [6.07, 6.45) is 0.191. The van der Waals surface area contributed by atoms with Crippen molar-refractivity contribution < 1.29 is 23.9 Å². The van der Waals surface area contributed by atoms with Crippen LogP contribution in [-0.2, 0) is 35.9 Å². The number of rotatable bonds is 6. The van der Waals surface area contributed by atoms with E-state index in [1.165, 1.54) is 4.90 Å². The summed E-state index contributed by atoms with van der Waals surface area (Å²) in [5.41, 5.74) is -0.588. The number of carbonyl (C=O) groups excluding carboxylic acids is 4. The molecule has 1 spiro atoms. The maximum Gasteiger partial charge on any atom is 0.306 e. The Bertz CT molecular complexity index is 1210. The van der Waals surface area contributed by atoms with Crippen LogP contribution in [0.25, 0.3) is 0 Å². The Kier molecular flexibility index (Phi) is 6.68. The molecule has 1 fully saturated rings. The molecule has 3 amide bonds. The molecule has 4 rings (SSSR count). The molecule has 2 aromatic rings. The van der Waals surface area contributed by atoms with Gasteiger partial charge >= 0.3 is 5.97 Å². The first-order chi connectivity index (χ1) is 16.4. The van der Waals surface area contributed by atoms with Gasteiger partial charge in [0, 0.05) is 34.3 Å². The zero-order valence-corrected chi connectivity index (χ0v) is 21.3. The summed E-state index contributed by atoms with van der Waals surface area (Å²) in [7, 11) is 0. The summed E-state index contributed by atoms with van der Waals surface area (Å²) >= 11 is 12.2. The molecule has 2 aliphatic rings. The molecule has 0 bridgehead atoms. The van der Waals surface area contributed by atoms with Gasteiger partial charge < -0.3 is 9.64 Å². The Morgan fingerprint density at radius 2 is 1.60 bits per heavy atom. The summed E-state index contributed by atoms with van der Waals surface area (Å²) in [6, 6.07) is 11.7. The average molecular weight is 517 g/mol. The summed E-state index contributed by atoms with van der Waals surface area (Å²) in [5.74, 6) is -1.84. The molecule has 0 saturated carbocycles. The largest absolute Gasteiger partial charge is 0.460 e. The quantitative estimate of drug-likeness (QED) is 0.316. The standard InChI is InChI=1S/C26H26Cl2N2O5/c1-25(2,3)35-22(32)5-4-12-29-20-11-10-18(28)13-19(20)26(23(29)33)14-21(31)30(24(26)34)15-16-6-8-17(27)9-7-16/h6-11,13H,4-5,12,14-15H2,1-3H3. The van der Waals surface area contributed by atoms with Crippen LogP contribution in [0.1, 0.15) is 51.2 Å². The highest BCUT2D eigenvalue weighted by atomic mass is 35.5. The van der Waals surface area contributed by atoms with E-state index in [1.54, 1.807) is 63.2 Å². The fourth-order valence-electron chi connectivity index (χ4n) is 4.59. The Morgan fingerprint density at radius 1 is 0.971 bits per heavy atom. The van der Waals surface area contributed by atoms with Crippen molar-refractivity contribution in [2.75, 3.05) is 11.4 Å². The van der Waals surface area contributed by atoms with E-state index in [0.717, 1.165) is 10.5 Å². The van der Waals surface area contributed by atoms with E-state index >= 15 is 0 Å². The Labute approximate surface area is 213 Å². The number of anilines is 1. The van der Waals surface area contributed by atoms with Crippen LogP contribution < -0.4 is 4.90 Å². The van der Waals surface area contributed by atoms with Crippen molar-refractivity contribution in [2.24, 2.45) is 0 Å². The molecule has 0 aliphatic carbocycles. The summed E-state index contributed by atoms with van der Waals surface area (Å²) in [4.78, 5) is 55.2. The third kappa shape index (κ3) is 4.80. The lowest BCUT2D eigenvalue weighted by Gasteiger charge is -2.23. The first-order valence-electron chi connectivity index (χ1n) is 11.4. The maximum atomic E-state index is 13.8. The molecule has 0 N–H and O–H groups in total. The summed E-state index contributed by atoms with van der Waals surface area (Å²) < 4.78 is 5.34. The van der Waals surface area contributed by atoms with Crippen molar-refractivity contribution in [1.29, 1.82) is 0 Å². The van der Waals surface area contributed by atoms with Gasteiger partial charge in [0.05, 0.1) is 13.0 Å². The molecule has 2 aliphatic heterocycles. The number of hydrogen-bond donors (Lipinski definition) is 0. The molecule has 2 aromatic carbocycles. The predicted octanol–water partition coefficient (Wildman–Crippen LogP) is 4.66. The molecule has 0 aromatic heterocycles. The number of ether oxygens (including phenoxy) is 1. The molecular weight excluding hydrogens is 491 g/mol. The number of carbonyl (C=O) groups is 4. The van der Waals surface area contributed by atoms with Crippen LogP contribution in [0.5, 0.6) is 0 Å². The second kappa shape index (κ2) is 9.28. The number of esters is 1. The van der Waals surface area contributed by atoms with Crippen LogP contribution in [-0.4, -0.2) is 40.7 Å². The van der Waals surface area contributed by atoms with E-state index in [4.69, 9.17) is 27.9 Å². The lowest BCUT2D eigenvalue weighted by Crippen LogP contribution is -2.46. The molecule has 1 atom stereocenters. The smallest absolute Gasteiger partial charge is 0.306 e. The fraction of sp³-hybridized carbons (Fsp3) is 0.385. The number of amides is 3. The molecule has 9 heteroatoms. The van der Waals surface area contributed by atoms with E-state index in [1.807, 2.05) is 0 Å². The van der Waals surface area contributed by atoms with Crippen LogP contribution >= 0.6 is 23.2 Å². The van der Waals surface area contributed by atoms with Gasteiger partial charge in [-0.15, -0.1) is 0 Å². The second-order valence-corrected chi connectivity index (χ2v) is 10.7. The lowest BCUT2D eigenvalue weighted by molar-refractivity contribution is -0.155. The van der Waals surface area contributed by atoms with Crippen molar-refractivity contribution in [3.8, 4) is 0 Å². The average Bonchev–Trinajstić information content (AvgIpc) is 3.15. The van der Waals surface area contributed by atoms with Crippen molar-refractivity contribution >= 4 is 52.6 Å². The number of likely N-dealkylation sites (tertiary alicyclic amines) is 1. The SMILES string of the molecule is CC(C)(C)OC(=O)CCCN1C(=O)C2(CC(=O)N(Cc3ccc(Cl)cc3)C2=O)c2cc(Cl)ccc21. The van der Waals surface area contributed by atoms with Gasteiger partial charge in [-0.1, -0.05) is 35.3 Å². The van der Waals surface area contributed by atoms with Crippen LogP contribution in [0.3, 0.4) is 0 Å². The number of fused-ring (bicyclic) bond motifs is 2. The van der Waals surface area contributed by atoms with E-state index in [9.17, 15) is 19.2 Å². The van der Waals surface area contributed by atoms with Gasteiger partial charge in [0.25, 0.3) is 0 Å². The van der Waals surface area contributed by atoms with Gasteiger partial charge in [-0.25, -0.2) is 0 Å². The van der Waals surface area contributed by atoms with Gasteiger partial charge in [-0.2, -0.15) is 0 Å². The van der Waals surface area contributed by atoms with Gasteiger partial charge in [-0.3, -0.25) is 24.1 Å². The monoisotopic (exact) mass is 516 g/mol. The van der Waals surface area contributed by atoms with E-state index < -0.39 is 28.7 Å². The van der Waals surface area contributed by atoms with Crippen LogP contribution in [0.4, 0.5) is 5.69 Å². The molecule has 1 saturated heterocycles. The lowest BCUT2D eigenvalue weighted by atomic mass is 9.80. The van der Waals surface area contributed by atoms with Crippen molar-refractivity contribution in [3.05, 3.63) is 63.6 Å². The molecule has 1 unspecified atom stereocenters. The van der Waals surface area contributed by atoms with E-state index in [-0.39, 0.29) is 31.9 Å². The zero-order chi connectivity index (χ0) is 25.5. The minimum absolute atomic E-state index is 0.0401. The number of hydrogen-bond acceptors (Lipinski definition) is 5. The number of nitrogens with zero attached hydrogens (tertiary/aromatic N) is 2. The Morgan fingerprint density at radius 3 is 2.26 bits per heavy atom. The molecule has 2 heterocycles. The van der Waals surface area contributed by atoms with Crippen LogP contribution in [0.15, 0.2) is 42.5 Å². The molecule has 0 radical (unpaired) electrons. The molecule has 184 valence electrons. The molecule has 35 heavy (non-hydrogen) atoms. The maximum absolute atomic E-state index is 13.8. The third-order valence-corrected chi connectivity index (χ3v) is 6.57. The Balaban J connectivity index is 1.59. The van der Waals surface area contributed by atoms with Crippen molar-refractivity contribution in [2.45, 2.75) is 57.6 Å². The third-order valence-electron chi connectivity index (χ3n) is 6.08. The summed E-state index contributed by atoms with van der Waals surface area (Å²) in [6.45, 7) is 5.61. The van der Waals surface area contributed by atoms with Gasteiger partial charge in [0.1, 0.15) is 5.60 Å². The fourth-order valence-corrected chi connectivity index (χ4v) is 4.89. The highest BCUT2D eigenvalue weighted by Crippen LogP contribution is 2.49. The Hall–Kier alpha value is -2.90. The number of benzene rings is 2. The predicted molar refractivity (Wildman–Crippen MR) is 132 cm³/mol. The molecular formula is C26H26Cl2N2O5. The van der Waals surface area contributed by atoms with Crippen LogP contribution in [0, 0.1) is 0 Å². The van der Waals surface area contributed by atoms with Gasteiger partial charge in [-0.05, 0) is 63.1 Å². The highest BCUT2D eigenvalue weighted by molar-refractivity contribution is 6.32. The number of halogens is 2. The summed E-state index contributed by atoms with van der Waals surface area (Å²) in [5, 5.41) is 0.906. The zero-order valence-electron chi connectivity index (χ0n) is 19.8. The highest BCUT2D eigenvalue weighted by Gasteiger charge is 2.63. The van der Waals surface area contributed by atoms with E-state index in [2.05, 4.69) is 0 Å². The van der Waals surface area contributed by atoms with Gasteiger partial charge in [0.15, 0.2) is 5.41 Å². The topological polar surface area (TPSA) is 84.0 Å². The second-order valence-electron chi connectivity index (χ2n) is 9.80. The van der Waals surface area contributed by atoms with Gasteiger partial charge in [0.2, 0.25) is 17.7 Å². The minimum Gasteiger partial charge on any atom is -0.460 e. The first-order valence-corrected chi connectivity index (χ1v) is 12.1.